The van der Waals surface area contributed by atoms with E-state index in [9.17, 15) is 39.1 Å². The number of carboxylic acid groups (broad SMARTS) is 4. The number of carbonyl (C=O) groups is 4. The molecular weight excluding hydrogens is 474 g/mol. The van der Waals surface area contributed by atoms with Gasteiger partial charge in [0.15, 0.2) is 0 Å². The molecule has 31 heavy (non-hydrogen) atoms. The normalized spacial score (nSPS) is 10.7. The largest absolute Gasteiger partial charge is 1.00 e. The molecule has 0 radical (unpaired) electrons. The van der Waals surface area contributed by atoms with E-state index >= 15 is 0 Å². The van der Waals surface area contributed by atoms with Gasteiger partial charge in [0.1, 0.15) is 6.29 Å². The van der Waals surface area contributed by atoms with Gasteiger partial charge in [-0.05, 0) is 0 Å². The van der Waals surface area contributed by atoms with Crippen LogP contribution in [0.5, 0.6) is 0 Å². The maximum atomic E-state index is 11.3. The molecule has 0 bridgehead atoms. The molecule has 18 heteroatoms. The van der Waals surface area contributed by atoms with E-state index in [1.165, 1.54) is 0 Å². The van der Waals surface area contributed by atoms with Crippen molar-refractivity contribution in [2.75, 3.05) is 58.6 Å². The predicted molar refractivity (Wildman–Crippen MR) is 84.0 cm³/mol. The Balaban J connectivity index is -0.00000121. The van der Waals surface area contributed by atoms with Crippen molar-refractivity contribution in [3.05, 3.63) is 0 Å². The van der Waals surface area contributed by atoms with Crippen molar-refractivity contribution < 1.29 is 143 Å². The SMILES string of the molecule is O=C([O-])CN(CCN(CCN(CC(=O)[O-])CC(=O)O)CP(=O)(O)O)CC(=O)[O-].[Na+].[Na+].[Na+]. The molecule has 0 rings (SSSR count). The first-order valence-corrected chi connectivity index (χ1v) is 9.61. The van der Waals surface area contributed by atoms with E-state index in [0.717, 1.165) is 14.7 Å². The molecule has 0 heterocycles. The molecular formula is C13H21N3Na3O11P. The number of aliphatic carboxylic acids is 4. The van der Waals surface area contributed by atoms with Crippen LogP contribution in [0.2, 0.25) is 0 Å². The summed E-state index contributed by atoms with van der Waals surface area (Å²) in [6.07, 6.45) is -0.788. The second-order valence-corrected chi connectivity index (χ2v) is 7.47. The summed E-state index contributed by atoms with van der Waals surface area (Å²) in [7, 11) is -4.57. The summed E-state index contributed by atoms with van der Waals surface area (Å²) in [6.45, 7) is -3.71. The molecule has 0 spiro atoms. The van der Waals surface area contributed by atoms with Gasteiger partial charge in [-0.3, -0.25) is 24.1 Å². The van der Waals surface area contributed by atoms with Crippen molar-refractivity contribution in [3.8, 4) is 0 Å². The van der Waals surface area contributed by atoms with Gasteiger partial charge in [-0.2, -0.15) is 0 Å². The third-order valence-electron chi connectivity index (χ3n) is 3.27. The molecule has 0 unspecified atom stereocenters. The van der Waals surface area contributed by atoms with E-state index in [1.54, 1.807) is 0 Å². The zero-order valence-electron chi connectivity index (χ0n) is 17.8. The van der Waals surface area contributed by atoms with Gasteiger partial charge in [-0.25, -0.2) is 0 Å². The quantitative estimate of drug-likeness (QED) is 0.134. The van der Waals surface area contributed by atoms with Crippen molar-refractivity contribution >= 4 is 31.5 Å². The minimum atomic E-state index is -4.57. The molecule has 0 aliphatic carbocycles. The minimum Gasteiger partial charge on any atom is -0.549 e. The van der Waals surface area contributed by atoms with Crippen LogP contribution in [0.1, 0.15) is 0 Å². The van der Waals surface area contributed by atoms with Crippen LogP contribution in [-0.2, 0) is 23.7 Å². The van der Waals surface area contributed by atoms with Crippen molar-refractivity contribution in [1.82, 2.24) is 14.7 Å². The molecule has 0 fully saturated rings. The fourth-order valence-corrected chi connectivity index (χ4v) is 3.05. The van der Waals surface area contributed by atoms with Crippen molar-refractivity contribution in [2.45, 2.75) is 0 Å². The van der Waals surface area contributed by atoms with Gasteiger partial charge >= 0.3 is 102 Å². The Kier molecular flexibility index (Phi) is 25.6. The third-order valence-corrected chi connectivity index (χ3v) is 4.03. The summed E-state index contributed by atoms with van der Waals surface area (Å²) < 4.78 is 11.3. The summed E-state index contributed by atoms with van der Waals surface area (Å²) in [4.78, 5) is 64.0. The first-order chi connectivity index (χ1) is 12.8. The van der Waals surface area contributed by atoms with E-state index in [4.69, 9.17) is 14.9 Å². The third kappa shape index (κ3) is 25.4. The van der Waals surface area contributed by atoms with Gasteiger partial charge in [0, 0.05) is 45.8 Å². The maximum Gasteiger partial charge on any atom is 1.00 e. The van der Waals surface area contributed by atoms with Crippen molar-refractivity contribution in [1.29, 1.82) is 0 Å². The smallest absolute Gasteiger partial charge is 0.549 e. The fraction of sp³-hybridized carbons (Fsp3) is 0.692. The second kappa shape index (κ2) is 20.3. The molecule has 0 atom stereocenters. The Labute approximate surface area is 245 Å². The summed E-state index contributed by atoms with van der Waals surface area (Å²) in [6, 6.07) is 0. The number of carbonyl (C=O) groups excluding carboxylic acids is 3. The minimum absolute atomic E-state index is 0. The number of hydrogen-bond donors (Lipinski definition) is 3. The monoisotopic (exact) mass is 495 g/mol. The van der Waals surface area contributed by atoms with E-state index in [-0.39, 0.29) is 115 Å². The standard InChI is InChI=1S/C13H24N3O11P.3Na/c17-10(18)5-15(6-11(19)20)3-1-14(9-28(25,26)27)2-4-16(7-12(21)22)8-13(23)24;;;/h1-9H2,(H,17,18)(H,19,20)(H,21,22)(H,23,24)(H2,25,26,27);;;/q;3*+1/p-3. The van der Waals surface area contributed by atoms with Crippen LogP contribution in [0.15, 0.2) is 0 Å². The Morgan fingerprint density at radius 2 is 0.935 bits per heavy atom. The molecule has 0 aliphatic heterocycles. The zero-order valence-corrected chi connectivity index (χ0v) is 24.7. The number of carboxylic acids is 4. The number of nitrogens with zero attached hydrogens (tertiary/aromatic N) is 3. The summed E-state index contributed by atoms with van der Waals surface area (Å²) in [5.41, 5.74) is 0. The van der Waals surface area contributed by atoms with Crippen LogP contribution in [0.3, 0.4) is 0 Å². The topological polar surface area (TPSA) is 225 Å². The van der Waals surface area contributed by atoms with Crippen molar-refractivity contribution in [3.63, 3.8) is 0 Å². The van der Waals surface area contributed by atoms with Crippen LogP contribution >= 0.6 is 7.60 Å². The fourth-order valence-electron chi connectivity index (χ4n) is 2.25. The Morgan fingerprint density at radius 1 is 0.645 bits per heavy atom. The molecule has 0 aromatic carbocycles. The van der Waals surface area contributed by atoms with Crippen LogP contribution in [-0.4, -0.2) is 112 Å². The van der Waals surface area contributed by atoms with Crippen LogP contribution in [0.4, 0.5) is 0 Å². The summed E-state index contributed by atoms with van der Waals surface area (Å²) in [5.74, 6) is -6.00. The second-order valence-electron chi connectivity index (χ2n) is 5.86. The van der Waals surface area contributed by atoms with E-state index in [0.29, 0.717) is 0 Å². The molecule has 3 N–H and O–H groups in total. The van der Waals surface area contributed by atoms with E-state index in [1.807, 2.05) is 0 Å². The van der Waals surface area contributed by atoms with Gasteiger partial charge in [0.05, 0.1) is 24.5 Å². The number of hydrogen-bond acceptors (Lipinski definition) is 11. The van der Waals surface area contributed by atoms with Gasteiger partial charge < -0.3 is 44.6 Å². The zero-order chi connectivity index (χ0) is 21.9. The van der Waals surface area contributed by atoms with Gasteiger partial charge in [-0.1, -0.05) is 0 Å². The molecule has 14 nitrogen and oxygen atoms in total. The summed E-state index contributed by atoms with van der Waals surface area (Å²) in [5, 5.41) is 40.8. The van der Waals surface area contributed by atoms with Gasteiger partial charge in [0.25, 0.3) is 0 Å². The van der Waals surface area contributed by atoms with Crippen LogP contribution in [0, 0.1) is 0 Å². The molecule has 0 saturated carbocycles. The predicted octanol–water partition coefficient (Wildman–Crippen LogP) is -15.6. The van der Waals surface area contributed by atoms with Crippen LogP contribution < -0.4 is 104 Å². The molecule has 0 aromatic rings. The molecule has 0 amide bonds. The summed E-state index contributed by atoms with van der Waals surface area (Å²) >= 11 is 0. The first-order valence-electron chi connectivity index (χ1n) is 7.81. The van der Waals surface area contributed by atoms with Gasteiger partial charge in [-0.15, -0.1) is 0 Å². The molecule has 0 aliphatic rings. The average Bonchev–Trinajstić information content (AvgIpc) is 2.45. The van der Waals surface area contributed by atoms with E-state index < -0.39 is 63.9 Å². The molecule has 162 valence electrons. The number of rotatable bonds is 16. The van der Waals surface area contributed by atoms with Crippen molar-refractivity contribution in [2.24, 2.45) is 0 Å². The Hall–Kier alpha value is 0.910. The average molecular weight is 495 g/mol. The Bertz CT molecular complexity index is 551. The molecule has 0 aromatic heterocycles. The first kappa shape index (κ1) is 39.1. The van der Waals surface area contributed by atoms with Gasteiger partial charge in [0.2, 0.25) is 0 Å². The van der Waals surface area contributed by atoms with Crippen LogP contribution in [0.25, 0.3) is 0 Å². The maximum absolute atomic E-state index is 11.3. The molecule has 0 saturated heterocycles. The van der Waals surface area contributed by atoms with E-state index in [2.05, 4.69) is 0 Å². The Morgan fingerprint density at radius 3 is 1.19 bits per heavy atom.